The molecule has 0 amide bonds. The largest absolute Gasteiger partial charge is 0.493 e. The van der Waals surface area contributed by atoms with Gasteiger partial charge in [0, 0.05) is 15.3 Å². The number of ether oxygens (including phenoxy) is 2. The van der Waals surface area contributed by atoms with Gasteiger partial charge in [0.25, 0.3) is 0 Å². The first-order valence-electron chi connectivity index (χ1n) is 10.3. The first-order chi connectivity index (χ1) is 14.2. The van der Waals surface area contributed by atoms with E-state index >= 15 is 0 Å². The summed E-state index contributed by atoms with van der Waals surface area (Å²) in [6.45, 7) is 0. The summed E-state index contributed by atoms with van der Waals surface area (Å²) in [5.41, 5.74) is 4.75. The van der Waals surface area contributed by atoms with Gasteiger partial charge in [-0.05, 0) is 90.4 Å². The van der Waals surface area contributed by atoms with Crippen LogP contribution in [0.3, 0.4) is 0 Å². The van der Waals surface area contributed by atoms with E-state index in [0.29, 0.717) is 0 Å². The van der Waals surface area contributed by atoms with Crippen LogP contribution in [-0.4, -0.2) is 18.2 Å². The average Bonchev–Trinajstić information content (AvgIpc) is 3.27. The summed E-state index contributed by atoms with van der Waals surface area (Å²) in [6.07, 6.45) is 8.85. The Morgan fingerprint density at radius 1 is 0.966 bits per heavy atom. The average molecular weight is 499 g/mol. The number of hydrogen-bond acceptors (Lipinski definition) is 3. The maximum absolute atomic E-state index is 6.33. The van der Waals surface area contributed by atoms with Crippen LogP contribution in [0.4, 0.5) is 0 Å². The molecule has 0 saturated heterocycles. The Morgan fingerprint density at radius 2 is 1.76 bits per heavy atom. The molecule has 150 valence electrons. The van der Waals surface area contributed by atoms with Crippen LogP contribution < -0.4 is 9.47 Å². The Hall–Kier alpha value is -2.08. The number of rotatable bonds is 7. The maximum atomic E-state index is 6.33. The lowest BCUT2D eigenvalue weighted by Gasteiger charge is -2.18. The molecule has 1 heterocycles. The van der Waals surface area contributed by atoms with Crippen LogP contribution in [0.1, 0.15) is 36.8 Å². The number of pyridine rings is 1. The van der Waals surface area contributed by atoms with E-state index in [4.69, 9.17) is 14.5 Å². The minimum Gasteiger partial charge on any atom is -0.493 e. The molecular formula is C25H26INO2. The van der Waals surface area contributed by atoms with E-state index in [2.05, 4.69) is 71.1 Å². The highest BCUT2D eigenvalue weighted by atomic mass is 127. The molecule has 0 N–H and O–H groups in total. The van der Waals surface area contributed by atoms with Crippen molar-refractivity contribution in [2.45, 2.75) is 44.6 Å². The third-order valence-corrected chi connectivity index (χ3v) is 6.41. The van der Waals surface area contributed by atoms with Gasteiger partial charge < -0.3 is 9.47 Å². The van der Waals surface area contributed by atoms with Crippen LogP contribution in [0.2, 0.25) is 0 Å². The van der Waals surface area contributed by atoms with Crippen molar-refractivity contribution in [2.24, 2.45) is 0 Å². The van der Waals surface area contributed by atoms with Gasteiger partial charge in [-0.15, -0.1) is 0 Å². The van der Waals surface area contributed by atoms with Crippen LogP contribution in [0.15, 0.2) is 60.8 Å². The number of hydrogen-bond donors (Lipinski definition) is 0. The number of halogens is 1. The van der Waals surface area contributed by atoms with E-state index in [1.807, 2.05) is 12.3 Å². The molecule has 0 unspecified atom stereocenters. The van der Waals surface area contributed by atoms with E-state index < -0.39 is 0 Å². The van der Waals surface area contributed by atoms with Crippen LogP contribution in [0.25, 0.3) is 11.3 Å². The van der Waals surface area contributed by atoms with Crippen molar-refractivity contribution in [3.05, 3.63) is 75.5 Å². The van der Waals surface area contributed by atoms with Gasteiger partial charge in [-0.1, -0.05) is 36.4 Å². The van der Waals surface area contributed by atoms with Crippen molar-refractivity contribution in [2.75, 3.05) is 7.11 Å². The number of aromatic nitrogens is 1. The van der Waals surface area contributed by atoms with Crippen molar-refractivity contribution in [3.8, 4) is 22.8 Å². The Bertz CT molecular complexity index is 952. The molecule has 0 atom stereocenters. The molecule has 2 aromatic carbocycles. The Morgan fingerprint density at radius 3 is 2.52 bits per heavy atom. The molecule has 4 rings (SSSR count). The lowest BCUT2D eigenvalue weighted by atomic mass is 9.99. The fraction of sp³-hybridized carbons (Fsp3) is 0.320. The molecule has 0 bridgehead atoms. The third-order valence-electron chi connectivity index (χ3n) is 5.52. The minimum atomic E-state index is 0.290. The third kappa shape index (κ3) is 4.92. The standard InChI is InChI=1S/C25H26INO2/c1-28-23-17-22(26)21(16-24(23)29-20-11-5-6-12-20)25-19(10-7-15-27-25)14-13-18-8-3-2-4-9-18/h2-4,7-10,15-17,20H,5-6,11-14H2,1H3. The summed E-state index contributed by atoms with van der Waals surface area (Å²) in [4.78, 5) is 4.75. The predicted octanol–water partition coefficient (Wildman–Crippen LogP) is 6.47. The zero-order valence-electron chi connectivity index (χ0n) is 16.7. The number of aryl methyl sites for hydroxylation is 2. The normalized spacial score (nSPS) is 14.1. The van der Waals surface area contributed by atoms with Crippen LogP contribution in [-0.2, 0) is 12.8 Å². The highest BCUT2D eigenvalue weighted by Gasteiger charge is 2.21. The molecule has 1 fully saturated rings. The molecule has 1 aromatic heterocycles. The fourth-order valence-corrected chi connectivity index (χ4v) is 4.65. The smallest absolute Gasteiger partial charge is 0.162 e. The van der Waals surface area contributed by atoms with Crippen LogP contribution >= 0.6 is 22.6 Å². The quantitative estimate of drug-likeness (QED) is 0.350. The Labute approximate surface area is 186 Å². The molecule has 4 heteroatoms. The van der Waals surface area contributed by atoms with Crippen molar-refractivity contribution < 1.29 is 9.47 Å². The van der Waals surface area contributed by atoms with Gasteiger partial charge in [0.1, 0.15) is 0 Å². The zero-order chi connectivity index (χ0) is 20.1. The summed E-state index contributed by atoms with van der Waals surface area (Å²) in [5.74, 6) is 1.63. The van der Waals surface area contributed by atoms with Crippen molar-refractivity contribution in [1.82, 2.24) is 4.98 Å². The maximum Gasteiger partial charge on any atom is 0.162 e. The van der Waals surface area contributed by atoms with E-state index in [-0.39, 0.29) is 6.10 Å². The number of methoxy groups -OCH3 is 1. The summed E-state index contributed by atoms with van der Waals surface area (Å²) < 4.78 is 13.1. The highest BCUT2D eigenvalue weighted by molar-refractivity contribution is 14.1. The fourth-order valence-electron chi connectivity index (χ4n) is 3.96. The summed E-state index contributed by atoms with van der Waals surface area (Å²) in [6, 6.07) is 19.0. The lowest BCUT2D eigenvalue weighted by Crippen LogP contribution is -2.12. The molecule has 3 aromatic rings. The first kappa shape index (κ1) is 20.2. The summed E-state index contributed by atoms with van der Waals surface area (Å²) in [5, 5.41) is 0. The Balaban J connectivity index is 1.65. The molecule has 3 nitrogen and oxygen atoms in total. The molecule has 29 heavy (non-hydrogen) atoms. The minimum absolute atomic E-state index is 0.290. The van der Waals surface area contributed by atoms with Crippen molar-refractivity contribution >= 4 is 22.6 Å². The van der Waals surface area contributed by atoms with Gasteiger partial charge in [-0.3, -0.25) is 4.98 Å². The highest BCUT2D eigenvalue weighted by Crippen LogP contribution is 2.39. The number of benzene rings is 2. The van der Waals surface area contributed by atoms with E-state index in [1.54, 1.807) is 7.11 Å². The molecular weight excluding hydrogens is 473 g/mol. The second kappa shape index (κ2) is 9.61. The van der Waals surface area contributed by atoms with Crippen molar-refractivity contribution in [3.63, 3.8) is 0 Å². The van der Waals surface area contributed by atoms with Gasteiger partial charge in [0.2, 0.25) is 0 Å². The summed E-state index contributed by atoms with van der Waals surface area (Å²) in [7, 11) is 1.71. The van der Waals surface area contributed by atoms with Crippen LogP contribution in [0, 0.1) is 3.57 Å². The van der Waals surface area contributed by atoms with Crippen LogP contribution in [0.5, 0.6) is 11.5 Å². The van der Waals surface area contributed by atoms with Gasteiger partial charge in [0.05, 0.1) is 18.9 Å². The predicted molar refractivity (Wildman–Crippen MR) is 126 cm³/mol. The van der Waals surface area contributed by atoms with Crippen molar-refractivity contribution in [1.29, 1.82) is 0 Å². The number of nitrogens with zero attached hydrogens (tertiary/aromatic N) is 1. The van der Waals surface area contributed by atoms with E-state index in [1.165, 1.54) is 24.0 Å². The molecule has 0 aliphatic heterocycles. The molecule has 1 aliphatic carbocycles. The lowest BCUT2D eigenvalue weighted by molar-refractivity contribution is 0.201. The SMILES string of the molecule is COc1cc(I)c(-c2ncccc2CCc2ccccc2)cc1OC1CCCC1. The molecule has 0 radical (unpaired) electrons. The molecule has 0 spiro atoms. The molecule has 1 aliphatic rings. The van der Waals surface area contributed by atoms with Gasteiger partial charge in [-0.2, -0.15) is 0 Å². The van der Waals surface area contributed by atoms with Gasteiger partial charge in [0.15, 0.2) is 11.5 Å². The first-order valence-corrected chi connectivity index (χ1v) is 11.3. The van der Waals surface area contributed by atoms with Gasteiger partial charge in [-0.25, -0.2) is 0 Å². The molecule has 1 saturated carbocycles. The second-order valence-corrected chi connectivity index (χ2v) is 8.67. The second-order valence-electron chi connectivity index (χ2n) is 7.50. The van der Waals surface area contributed by atoms with E-state index in [0.717, 1.165) is 52.0 Å². The van der Waals surface area contributed by atoms with E-state index in [9.17, 15) is 0 Å². The topological polar surface area (TPSA) is 31.4 Å². The zero-order valence-corrected chi connectivity index (χ0v) is 18.9. The van der Waals surface area contributed by atoms with Gasteiger partial charge >= 0.3 is 0 Å². The Kier molecular flexibility index (Phi) is 6.70. The monoisotopic (exact) mass is 499 g/mol. The summed E-state index contributed by atoms with van der Waals surface area (Å²) >= 11 is 2.38.